The van der Waals surface area contributed by atoms with Gasteiger partial charge in [-0.15, -0.1) is 0 Å². The highest BCUT2D eigenvalue weighted by Gasteiger charge is 2.10. The van der Waals surface area contributed by atoms with E-state index in [9.17, 15) is 4.79 Å². The number of ether oxygens (including phenoxy) is 1. The summed E-state index contributed by atoms with van der Waals surface area (Å²) in [5.41, 5.74) is 0. The molecule has 1 aliphatic rings. The number of nitrogens with zero attached hydrogens (tertiary/aromatic N) is 1. The number of hydrogen-bond donors (Lipinski definition) is 2. The zero-order valence-corrected chi connectivity index (χ0v) is 10.2. The molecule has 0 aromatic carbocycles. The molecule has 18 heavy (non-hydrogen) atoms. The van der Waals surface area contributed by atoms with E-state index in [-0.39, 0.29) is 5.76 Å². The van der Waals surface area contributed by atoms with E-state index in [0.29, 0.717) is 12.3 Å². The summed E-state index contributed by atoms with van der Waals surface area (Å²) >= 11 is 0. The number of aromatic carboxylic acids is 1. The minimum absolute atomic E-state index is 0.0139. The molecule has 1 aliphatic heterocycles. The van der Waals surface area contributed by atoms with Crippen LogP contribution < -0.4 is 5.32 Å². The van der Waals surface area contributed by atoms with Crippen molar-refractivity contribution in [1.82, 2.24) is 10.2 Å². The van der Waals surface area contributed by atoms with Crippen molar-refractivity contribution in [3.05, 3.63) is 23.7 Å². The van der Waals surface area contributed by atoms with Crippen molar-refractivity contribution >= 4 is 5.97 Å². The van der Waals surface area contributed by atoms with E-state index in [0.717, 1.165) is 39.4 Å². The minimum Gasteiger partial charge on any atom is -0.475 e. The zero-order valence-electron chi connectivity index (χ0n) is 10.2. The summed E-state index contributed by atoms with van der Waals surface area (Å²) in [6, 6.07) is 3.16. The van der Waals surface area contributed by atoms with Gasteiger partial charge in [0.05, 0.1) is 19.8 Å². The first-order chi connectivity index (χ1) is 8.75. The van der Waals surface area contributed by atoms with Crippen molar-refractivity contribution in [3.8, 4) is 0 Å². The summed E-state index contributed by atoms with van der Waals surface area (Å²) in [4.78, 5) is 13.0. The topological polar surface area (TPSA) is 74.9 Å². The number of rotatable bonds is 6. The Morgan fingerprint density at radius 1 is 1.39 bits per heavy atom. The van der Waals surface area contributed by atoms with E-state index in [1.54, 1.807) is 6.07 Å². The van der Waals surface area contributed by atoms with Crippen molar-refractivity contribution < 1.29 is 19.1 Å². The molecule has 6 heteroatoms. The number of carbonyl (C=O) groups is 1. The van der Waals surface area contributed by atoms with E-state index in [1.165, 1.54) is 6.07 Å². The van der Waals surface area contributed by atoms with Gasteiger partial charge < -0.3 is 19.6 Å². The number of morpholine rings is 1. The van der Waals surface area contributed by atoms with Crippen LogP contribution in [0.15, 0.2) is 16.5 Å². The Balaban J connectivity index is 1.63. The number of carboxylic acid groups (broad SMARTS) is 1. The third kappa shape index (κ3) is 3.83. The SMILES string of the molecule is O=C(O)c1ccc(CNCCN2CCOCC2)o1. The fourth-order valence-electron chi connectivity index (χ4n) is 1.86. The third-order valence-electron chi connectivity index (χ3n) is 2.88. The van der Waals surface area contributed by atoms with Gasteiger partial charge in [-0.3, -0.25) is 4.90 Å². The number of carboxylic acids is 1. The Labute approximate surface area is 106 Å². The molecule has 0 amide bonds. The molecule has 100 valence electrons. The van der Waals surface area contributed by atoms with Crippen LogP contribution in [-0.4, -0.2) is 55.4 Å². The minimum atomic E-state index is -1.03. The van der Waals surface area contributed by atoms with Crippen molar-refractivity contribution in [1.29, 1.82) is 0 Å². The summed E-state index contributed by atoms with van der Waals surface area (Å²) in [6.07, 6.45) is 0. The maximum absolute atomic E-state index is 10.6. The summed E-state index contributed by atoms with van der Waals surface area (Å²) in [5.74, 6) is -0.399. The van der Waals surface area contributed by atoms with Gasteiger partial charge in [-0.25, -0.2) is 4.79 Å². The first-order valence-corrected chi connectivity index (χ1v) is 6.08. The van der Waals surface area contributed by atoms with Crippen LogP contribution in [0.2, 0.25) is 0 Å². The fraction of sp³-hybridized carbons (Fsp3) is 0.583. The van der Waals surface area contributed by atoms with E-state index in [1.807, 2.05) is 0 Å². The maximum Gasteiger partial charge on any atom is 0.371 e. The molecule has 1 fully saturated rings. The lowest BCUT2D eigenvalue weighted by atomic mass is 10.4. The van der Waals surface area contributed by atoms with Crippen molar-refractivity contribution in [2.24, 2.45) is 0 Å². The average molecular weight is 254 g/mol. The normalized spacial score (nSPS) is 16.9. The van der Waals surface area contributed by atoms with Gasteiger partial charge in [-0.05, 0) is 12.1 Å². The van der Waals surface area contributed by atoms with Gasteiger partial charge in [-0.1, -0.05) is 0 Å². The Bertz CT molecular complexity index is 385. The Morgan fingerprint density at radius 3 is 2.83 bits per heavy atom. The first kappa shape index (κ1) is 13.1. The lowest BCUT2D eigenvalue weighted by Gasteiger charge is -2.26. The predicted octanol–water partition coefficient (Wildman–Crippen LogP) is 0.400. The summed E-state index contributed by atoms with van der Waals surface area (Å²) < 4.78 is 10.4. The lowest BCUT2D eigenvalue weighted by molar-refractivity contribution is 0.0383. The fourth-order valence-corrected chi connectivity index (χ4v) is 1.86. The van der Waals surface area contributed by atoms with Crippen LogP contribution in [0.25, 0.3) is 0 Å². The van der Waals surface area contributed by atoms with Crippen molar-refractivity contribution in [2.75, 3.05) is 39.4 Å². The molecule has 6 nitrogen and oxygen atoms in total. The standard InChI is InChI=1S/C12H18N2O4/c15-12(16)11-2-1-10(18-11)9-13-3-4-14-5-7-17-8-6-14/h1-2,13H,3-9H2,(H,15,16). The molecule has 0 radical (unpaired) electrons. The molecule has 0 spiro atoms. The third-order valence-corrected chi connectivity index (χ3v) is 2.88. The monoisotopic (exact) mass is 254 g/mol. The second kappa shape index (κ2) is 6.53. The van der Waals surface area contributed by atoms with Crippen LogP contribution in [0, 0.1) is 0 Å². The Kier molecular flexibility index (Phi) is 4.74. The zero-order chi connectivity index (χ0) is 12.8. The van der Waals surface area contributed by atoms with Crippen LogP contribution in [0.5, 0.6) is 0 Å². The molecule has 2 N–H and O–H groups in total. The molecule has 0 bridgehead atoms. The summed E-state index contributed by atoms with van der Waals surface area (Å²) in [7, 11) is 0. The largest absolute Gasteiger partial charge is 0.475 e. The molecule has 2 rings (SSSR count). The molecule has 2 heterocycles. The quantitative estimate of drug-likeness (QED) is 0.716. The molecule has 1 aromatic rings. The van der Waals surface area contributed by atoms with Gasteiger partial charge in [0.2, 0.25) is 5.76 Å². The molecular formula is C12H18N2O4. The van der Waals surface area contributed by atoms with E-state index in [4.69, 9.17) is 14.3 Å². The number of hydrogen-bond acceptors (Lipinski definition) is 5. The highest BCUT2D eigenvalue weighted by Crippen LogP contribution is 2.07. The first-order valence-electron chi connectivity index (χ1n) is 6.08. The van der Waals surface area contributed by atoms with Gasteiger partial charge >= 0.3 is 5.97 Å². The van der Waals surface area contributed by atoms with Crippen molar-refractivity contribution in [3.63, 3.8) is 0 Å². The highest BCUT2D eigenvalue weighted by atomic mass is 16.5. The molecule has 0 saturated carbocycles. The Hall–Kier alpha value is -1.37. The Morgan fingerprint density at radius 2 is 2.17 bits per heavy atom. The van der Waals surface area contributed by atoms with Crippen LogP contribution in [0.1, 0.15) is 16.3 Å². The molecule has 0 unspecified atom stereocenters. The van der Waals surface area contributed by atoms with Gasteiger partial charge in [-0.2, -0.15) is 0 Å². The molecule has 1 aromatic heterocycles. The van der Waals surface area contributed by atoms with Crippen LogP contribution in [0.4, 0.5) is 0 Å². The average Bonchev–Trinajstić information content (AvgIpc) is 2.85. The van der Waals surface area contributed by atoms with E-state index in [2.05, 4.69) is 10.2 Å². The maximum atomic E-state index is 10.6. The number of furan rings is 1. The predicted molar refractivity (Wildman–Crippen MR) is 64.6 cm³/mol. The van der Waals surface area contributed by atoms with Gasteiger partial charge in [0.15, 0.2) is 0 Å². The molecule has 0 aliphatic carbocycles. The van der Waals surface area contributed by atoms with Gasteiger partial charge in [0, 0.05) is 26.2 Å². The number of nitrogens with one attached hydrogen (secondary N) is 1. The molecular weight excluding hydrogens is 236 g/mol. The summed E-state index contributed by atoms with van der Waals surface area (Å²) in [5, 5.41) is 11.9. The molecule has 1 saturated heterocycles. The second-order valence-corrected chi connectivity index (χ2v) is 4.20. The lowest BCUT2D eigenvalue weighted by Crippen LogP contribution is -2.40. The van der Waals surface area contributed by atoms with E-state index < -0.39 is 5.97 Å². The van der Waals surface area contributed by atoms with Gasteiger partial charge in [0.1, 0.15) is 5.76 Å². The van der Waals surface area contributed by atoms with Crippen molar-refractivity contribution in [2.45, 2.75) is 6.54 Å². The van der Waals surface area contributed by atoms with Crippen LogP contribution in [-0.2, 0) is 11.3 Å². The van der Waals surface area contributed by atoms with E-state index >= 15 is 0 Å². The van der Waals surface area contributed by atoms with Gasteiger partial charge in [0.25, 0.3) is 0 Å². The smallest absolute Gasteiger partial charge is 0.371 e. The molecule has 0 atom stereocenters. The highest BCUT2D eigenvalue weighted by molar-refractivity contribution is 5.84. The second-order valence-electron chi connectivity index (χ2n) is 4.20. The summed E-state index contributed by atoms with van der Waals surface area (Å²) in [6.45, 7) is 5.94. The van der Waals surface area contributed by atoms with Crippen LogP contribution in [0.3, 0.4) is 0 Å². The van der Waals surface area contributed by atoms with Crippen LogP contribution >= 0.6 is 0 Å².